The Morgan fingerprint density at radius 3 is 2.80 bits per heavy atom. The highest BCUT2D eigenvalue weighted by molar-refractivity contribution is 14.1. The van der Waals surface area contributed by atoms with E-state index < -0.39 is 12.0 Å². The topological polar surface area (TPSA) is 49.3 Å². The van der Waals surface area contributed by atoms with Gasteiger partial charge in [0.15, 0.2) is 0 Å². The van der Waals surface area contributed by atoms with E-state index in [1.165, 1.54) is 0 Å². The van der Waals surface area contributed by atoms with Crippen LogP contribution in [0.1, 0.15) is 13.3 Å². The van der Waals surface area contributed by atoms with Gasteiger partial charge in [-0.15, -0.1) is 0 Å². The normalized spacial score (nSPS) is 12.2. The van der Waals surface area contributed by atoms with E-state index in [2.05, 4.69) is 43.8 Å². The Balaban J connectivity index is 2.80. The zero-order chi connectivity index (χ0) is 11.4. The van der Waals surface area contributed by atoms with Crippen molar-refractivity contribution in [2.24, 2.45) is 0 Å². The summed E-state index contributed by atoms with van der Waals surface area (Å²) in [5.74, 6) is -0.827. The highest BCUT2D eigenvalue weighted by atomic mass is 127. The highest BCUT2D eigenvalue weighted by Crippen LogP contribution is 2.23. The number of rotatable bonds is 4. The average molecular weight is 384 g/mol. The molecule has 0 aromatic heterocycles. The first-order valence-electron chi connectivity index (χ1n) is 4.49. The van der Waals surface area contributed by atoms with Crippen molar-refractivity contribution < 1.29 is 9.90 Å². The molecule has 3 nitrogen and oxygen atoms in total. The number of carboxylic acid groups (broad SMARTS) is 1. The second-order valence-corrected chi connectivity index (χ2v) is 5.09. The van der Waals surface area contributed by atoms with Crippen molar-refractivity contribution in [1.29, 1.82) is 0 Å². The van der Waals surface area contributed by atoms with Crippen LogP contribution in [0.15, 0.2) is 22.7 Å². The van der Waals surface area contributed by atoms with Gasteiger partial charge in [0.05, 0.1) is 0 Å². The van der Waals surface area contributed by atoms with Crippen LogP contribution in [-0.4, -0.2) is 17.1 Å². The van der Waals surface area contributed by atoms with Crippen molar-refractivity contribution in [2.45, 2.75) is 19.4 Å². The number of hydrogen-bond donors (Lipinski definition) is 2. The molecule has 0 saturated heterocycles. The third-order valence-electron chi connectivity index (χ3n) is 1.97. The molecule has 0 spiro atoms. The molecule has 0 fully saturated rings. The third kappa shape index (κ3) is 3.64. The van der Waals surface area contributed by atoms with Gasteiger partial charge < -0.3 is 10.4 Å². The van der Waals surface area contributed by atoms with Crippen LogP contribution in [0.3, 0.4) is 0 Å². The Kier molecular flexibility index (Phi) is 4.85. The van der Waals surface area contributed by atoms with Gasteiger partial charge in [0, 0.05) is 13.7 Å². The van der Waals surface area contributed by atoms with E-state index in [-0.39, 0.29) is 0 Å². The van der Waals surface area contributed by atoms with Crippen molar-refractivity contribution in [2.75, 3.05) is 5.32 Å². The number of nitrogens with one attached hydrogen (secondary N) is 1. The summed E-state index contributed by atoms with van der Waals surface area (Å²) in [5, 5.41) is 11.8. The van der Waals surface area contributed by atoms with Gasteiger partial charge in [-0.1, -0.05) is 6.92 Å². The number of halogens is 2. The van der Waals surface area contributed by atoms with E-state index in [1.807, 2.05) is 25.1 Å². The van der Waals surface area contributed by atoms with Gasteiger partial charge in [0.25, 0.3) is 0 Å². The molecule has 1 aromatic carbocycles. The maximum absolute atomic E-state index is 10.8. The van der Waals surface area contributed by atoms with Crippen molar-refractivity contribution in [3.05, 3.63) is 26.2 Å². The summed E-state index contributed by atoms with van der Waals surface area (Å²) in [6, 6.07) is 5.16. The van der Waals surface area contributed by atoms with Crippen molar-refractivity contribution >= 4 is 50.2 Å². The van der Waals surface area contributed by atoms with Crippen LogP contribution in [0.5, 0.6) is 0 Å². The largest absolute Gasteiger partial charge is 0.480 e. The van der Waals surface area contributed by atoms with E-state index >= 15 is 0 Å². The Morgan fingerprint density at radius 2 is 2.33 bits per heavy atom. The van der Waals surface area contributed by atoms with Crippen molar-refractivity contribution in [3.63, 3.8) is 0 Å². The molecular weight excluding hydrogens is 373 g/mol. The van der Waals surface area contributed by atoms with Crippen LogP contribution in [0.25, 0.3) is 0 Å². The smallest absolute Gasteiger partial charge is 0.326 e. The Labute approximate surface area is 111 Å². The minimum absolute atomic E-state index is 0.531. The summed E-state index contributed by atoms with van der Waals surface area (Å²) in [5.41, 5.74) is 0.816. The standard InChI is InChI=1S/C10H11BrINO2/c1-2-9(10(14)15)13-6-3-4-8(12)7(11)5-6/h3-5,9,13H,2H2,1H3,(H,14,15). The lowest BCUT2D eigenvalue weighted by molar-refractivity contribution is -0.137. The Hall–Kier alpha value is -0.300. The predicted molar refractivity (Wildman–Crippen MR) is 72.2 cm³/mol. The molecule has 2 N–H and O–H groups in total. The van der Waals surface area contributed by atoms with Crippen LogP contribution in [-0.2, 0) is 4.79 Å². The van der Waals surface area contributed by atoms with Crippen LogP contribution >= 0.6 is 38.5 Å². The zero-order valence-corrected chi connectivity index (χ0v) is 11.9. The second-order valence-electron chi connectivity index (χ2n) is 3.07. The predicted octanol–water partition coefficient (Wildman–Crippen LogP) is 3.33. The first-order valence-corrected chi connectivity index (χ1v) is 6.36. The summed E-state index contributed by atoms with van der Waals surface area (Å²) >= 11 is 5.61. The number of anilines is 1. The van der Waals surface area contributed by atoms with Gasteiger partial charge in [-0.3, -0.25) is 0 Å². The van der Waals surface area contributed by atoms with Crippen LogP contribution < -0.4 is 5.32 Å². The van der Waals surface area contributed by atoms with E-state index in [0.29, 0.717) is 6.42 Å². The van der Waals surface area contributed by atoms with E-state index in [9.17, 15) is 4.79 Å². The summed E-state index contributed by atoms with van der Waals surface area (Å²) in [6.45, 7) is 1.84. The van der Waals surface area contributed by atoms with Crippen LogP contribution in [0.2, 0.25) is 0 Å². The maximum atomic E-state index is 10.8. The fourth-order valence-electron chi connectivity index (χ4n) is 1.13. The van der Waals surface area contributed by atoms with Crippen molar-refractivity contribution in [3.8, 4) is 0 Å². The monoisotopic (exact) mass is 383 g/mol. The third-order valence-corrected chi connectivity index (χ3v) is 4.30. The van der Waals surface area contributed by atoms with Crippen molar-refractivity contribution in [1.82, 2.24) is 0 Å². The number of carboxylic acids is 1. The van der Waals surface area contributed by atoms with Gasteiger partial charge in [-0.2, -0.15) is 0 Å². The molecule has 0 amide bonds. The molecule has 0 heterocycles. The SMILES string of the molecule is CCC(Nc1ccc(I)c(Br)c1)C(=O)O. The summed E-state index contributed by atoms with van der Waals surface area (Å²) in [7, 11) is 0. The summed E-state index contributed by atoms with van der Waals surface area (Å²) < 4.78 is 2.06. The van der Waals surface area contributed by atoms with Crippen LogP contribution in [0, 0.1) is 3.57 Å². The average Bonchev–Trinajstić information content (AvgIpc) is 2.19. The van der Waals surface area contributed by atoms with Gasteiger partial charge in [0.1, 0.15) is 6.04 Å². The van der Waals surface area contributed by atoms with Crippen LogP contribution in [0.4, 0.5) is 5.69 Å². The first-order chi connectivity index (χ1) is 7.04. The van der Waals surface area contributed by atoms with Gasteiger partial charge in [-0.05, 0) is 63.1 Å². The molecule has 0 radical (unpaired) electrons. The summed E-state index contributed by atoms with van der Waals surface area (Å²) in [4.78, 5) is 10.8. The molecule has 0 aliphatic heterocycles. The lowest BCUT2D eigenvalue weighted by Crippen LogP contribution is -2.28. The fraction of sp³-hybridized carbons (Fsp3) is 0.300. The molecule has 5 heteroatoms. The lowest BCUT2D eigenvalue weighted by atomic mass is 10.2. The molecule has 1 atom stereocenters. The molecule has 1 aromatic rings. The second kappa shape index (κ2) is 5.69. The van der Waals surface area contributed by atoms with E-state index in [0.717, 1.165) is 13.7 Å². The number of hydrogen-bond acceptors (Lipinski definition) is 2. The number of carbonyl (C=O) groups is 1. The van der Waals surface area contributed by atoms with E-state index in [4.69, 9.17) is 5.11 Å². The lowest BCUT2D eigenvalue weighted by Gasteiger charge is -2.14. The summed E-state index contributed by atoms with van der Waals surface area (Å²) in [6.07, 6.45) is 0.555. The quantitative estimate of drug-likeness (QED) is 0.784. The molecule has 82 valence electrons. The van der Waals surface area contributed by atoms with Gasteiger partial charge >= 0.3 is 5.97 Å². The fourth-order valence-corrected chi connectivity index (χ4v) is 1.84. The Bertz CT molecular complexity index is 370. The number of benzene rings is 1. The molecular formula is C10H11BrINO2. The van der Waals surface area contributed by atoms with Gasteiger partial charge in [0.2, 0.25) is 0 Å². The minimum atomic E-state index is -0.827. The molecule has 0 bridgehead atoms. The number of aliphatic carboxylic acids is 1. The Morgan fingerprint density at radius 1 is 1.67 bits per heavy atom. The molecule has 0 aliphatic carbocycles. The maximum Gasteiger partial charge on any atom is 0.326 e. The van der Waals surface area contributed by atoms with E-state index in [1.54, 1.807) is 0 Å². The molecule has 0 saturated carbocycles. The minimum Gasteiger partial charge on any atom is -0.480 e. The highest BCUT2D eigenvalue weighted by Gasteiger charge is 2.14. The van der Waals surface area contributed by atoms with Gasteiger partial charge in [-0.25, -0.2) is 4.79 Å². The first kappa shape index (κ1) is 12.8. The zero-order valence-electron chi connectivity index (χ0n) is 8.13. The molecule has 1 unspecified atom stereocenters. The molecule has 15 heavy (non-hydrogen) atoms. The molecule has 1 rings (SSSR count). The molecule has 0 aliphatic rings.